The van der Waals surface area contributed by atoms with E-state index >= 15 is 0 Å². The summed E-state index contributed by atoms with van der Waals surface area (Å²) in [5.74, 6) is 1.64. The van der Waals surface area contributed by atoms with Gasteiger partial charge < -0.3 is 14.8 Å². The summed E-state index contributed by atoms with van der Waals surface area (Å²) in [4.78, 5) is 0. The van der Waals surface area contributed by atoms with E-state index in [9.17, 15) is 0 Å². The smallest absolute Gasteiger partial charge is 0.161 e. The van der Waals surface area contributed by atoms with Crippen LogP contribution < -0.4 is 14.8 Å². The van der Waals surface area contributed by atoms with Crippen molar-refractivity contribution in [3.63, 3.8) is 0 Å². The minimum atomic E-state index is 0.374. The van der Waals surface area contributed by atoms with Crippen LogP contribution in [0.3, 0.4) is 0 Å². The molecular formula is C20H25NO2. The van der Waals surface area contributed by atoms with E-state index < -0.39 is 0 Å². The molecule has 3 heteroatoms. The monoisotopic (exact) mass is 311 g/mol. The Morgan fingerprint density at radius 1 is 1.09 bits per heavy atom. The molecule has 23 heavy (non-hydrogen) atoms. The number of methoxy groups -OCH3 is 2. The molecule has 122 valence electrons. The lowest BCUT2D eigenvalue weighted by Gasteiger charge is -2.28. The highest BCUT2D eigenvalue weighted by Crippen LogP contribution is 2.36. The van der Waals surface area contributed by atoms with Crippen molar-refractivity contribution in [2.75, 3.05) is 20.8 Å². The summed E-state index contributed by atoms with van der Waals surface area (Å²) in [5.41, 5.74) is 5.45. The van der Waals surface area contributed by atoms with Gasteiger partial charge in [-0.05, 0) is 61.6 Å². The lowest BCUT2D eigenvalue weighted by Crippen LogP contribution is -2.30. The second-order valence-electron chi connectivity index (χ2n) is 6.19. The van der Waals surface area contributed by atoms with Gasteiger partial charge in [0, 0.05) is 6.04 Å². The van der Waals surface area contributed by atoms with Gasteiger partial charge in [-0.3, -0.25) is 0 Å². The Bertz CT molecular complexity index is 681. The van der Waals surface area contributed by atoms with Gasteiger partial charge in [0.25, 0.3) is 0 Å². The fourth-order valence-corrected chi connectivity index (χ4v) is 3.40. The third-order valence-corrected chi connectivity index (χ3v) is 4.61. The van der Waals surface area contributed by atoms with Gasteiger partial charge in [-0.25, -0.2) is 0 Å². The Hall–Kier alpha value is -2.00. The minimum absolute atomic E-state index is 0.374. The molecule has 0 bridgehead atoms. The molecule has 2 aromatic carbocycles. The van der Waals surface area contributed by atoms with E-state index in [1.165, 1.54) is 22.3 Å². The van der Waals surface area contributed by atoms with Crippen molar-refractivity contribution in [2.45, 2.75) is 32.2 Å². The summed E-state index contributed by atoms with van der Waals surface area (Å²) in [6, 6.07) is 13.4. The molecule has 1 unspecified atom stereocenters. The molecule has 0 saturated heterocycles. The van der Waals surface area contributed by atoms with E-state index in [1.807, 2.05) is 0 Å². The lowest BCUT2D eigenvalue weighted by molar-refractivity contribution is 0.351. The van der Waals surface area contributed by atoms with Crippen LogP contribution in [0, 0.1) is 6.92 Å². The Labute approximate surface area is 138 Å². The van der Waals surface area contributed by atoms with Gasteiger partial charge >= 0.3 is 0 Å². The first kappa shape index (κ1) is 15.9. The van der Waals surface area contributed by atoms with Crippen LogP contribution in [0.2, 0.25) is 0 Å². The molecule has 1 aliphatic rings. The van der Waals surface area contributed by atoms with Gasteiger partial charge in [-0.1, -0.05) is 29.8 Å². The second-order valence-corrected chi connectivity index (χ2v) is 6.19. The standard InChI is InChI=1S/C20H25NO2/c1-14-5-4-6-15(11-14)7-8-18-17-13-20(23-3)19(22-2)12-16(17)9-10-21-18/h4-6,11-13,18,21H,7-10H2,1-3H3. The molecule has 3 rings (SSSR count). The largest absolute Gasteiger partial charge is 0.493 e. The van der Waals surface area contributed by atoms with E-state index in [-0.39, 0.29) is 0 Å². The van der Waals surface area contributed by atoms with Crippen LogP contribution in [0.25, 0.3) is 0 Å². The number of hydrogen-bond acceptors (Lipinski definition) is 3. The maximum atomic E-state index is 5.48. The highest BCUT2D eigenvalue weighted by molar-refractivity contribution is 5.49. The molecule has 3 nitrogen and oxygen atoms in total. The number of benzene rings is 2. The average molecular weight is 311 g/mol. The first-order valence-electron chi connectivity index (χ1n) is 8.25. The van der Waals surface area contributed by atoms with Crippen LogP contribution in [-0.4, -0.2) is 20.8 Å². The molecule has 1 aliphatic heterocycles. The fraction of sp³-hybridized carbons (Fsp3) is 0.400. The molecule has 1 atom stereocenters. The quantitative estimate of drug-likeness (QED) is 0.910. The number of aryl methyl sites for hydroxylation is 2. The van der Waals surface area contributed by atoms with Gasteiger partial charge in [-0.2, -0.15) is 0 Å². The number of hydrogen-bond donors (Lipinski definition) is 1. The van der Waals surface area contributed by atoms with Crippen LogP contribution in [-0.2, 0) is 12.8 Å². The molecule has 2 aromatic rings. The Morgan fingerprint density at radius 3 is 2.61 bits per heavy atom. The van der Waals surface area contributed by atoms with Crippen LogP contribution >= 0.6 is 0 Å². The van der Waals surface area contributed by atoms with Gasteiger partial charge in [0.1, 0.15) is 0 Å². The number of nitrogens with one attached hydrogen (secondary N) is 1. The molecule has 0 aliphatic carbocycles. The predicted octanol–water partition coefficient (Wildman–Crippen LogP) is 3.83. The predicted molar refractivity (Wildman–Crippen MR) is 93.5 cm³/mol. The van der Waals surface area contributed by atoms with Crippen molar-refractivity contribution in [1.82, 2.24) is 5.32 Å². The molecule has 0 fully saturated rings. The summed E-state index contributed by atoms with van der Waals surface area (Å²) >= 11 is 0. The van der Waals surface area contributed by atoms with E-state index in [1.54, 1.807) is 14.2 Å². The number of rotatable bonds is 5. The topological polar surface area (TPSA) is 30.5 Å². The third kappa shape index (κ3) is 3.50. The SMILES string of the molecule is COc1cc2c(cc1OC)C(CCc1cccc(C)c1)NCC2. The van der Waals surface area contributed by atoms with Gasteiger partial charge in [0.2, 0.25) is 0 Å². The molecule has 0 spiro atoms. The number of ether oxygens (including phenoxy) is 2. The van der Waals surface area contributed by atoms with Crippen LogP contribution in [0.15, 0.2) is 36.4 Å². The highest BCUT2D eigenvalue weighted by atomic mass is 16.5. The Balaban J connectivity index is 1.80. The highest BCUT2D eigenvalue weighted by Gasteiger charge is 2.22. The lowest BCUT2D eigenvalue weighted by atomic mass is 9.90. The van der Waals surface area contributed by atoms with Crippen molar-refractivity contribution in [2.24, 2.45) is 0 Å². The zero-order chi connectivity index (χ0) is 16.2. The molecule has 1 heterocycles. The number of fused-ring (bicyclic) bond motifs is 1. The summed E-state index contributed by atoms with van der Waals surface area (Å²) < 4.78 is 10.9. The molecular weight excluding hydrogens is 286 g/mol. The Kier molecular flexibility index (Phi) is 4.87. The van der Waals surface area contributed by atoms with Crippen LogP contribution in [0.5, 0.6) is 11.5 Å². The molecule has 0 saturated carbocycles. The zero-order valence-electron chi connectivity index (χ0n) is 14.2. The zero-order valence-corrected chi connectivity index (χ0v) is 14.2. The van der Waals surface area contributed by atoms with Gasteiger partial charge in [0.15, 0.2) is 11.5 Å². The molecule has 0 aromatic heterocycles. The van der Waals surface area contributed by atoms with E-state index in [0.29, 0.717) is 6.04 Å². The van der Waals surface area contributed by atoms with Crippen molar-refractivity contribution in [3.05, 3.63) is 58.7 Å². The molecule has 0 radical (unpaired) electrons. The fourth-order valence-electron chi connectivity index (χ4n) is 3.40. The maximum absolute atomic E-state index is 5.48. The molecule has 1 N–H and O–H groups in total. The molecule has 0 amide bonds. The second kappa shape index (κ2) is 7.05. The van der Waals surface area contributed by atoms with Crippen LogP contribution in [0.1, 0.15) is 34.7 Å². The first-order chi connectivity index (χ1) is 11.2. The Morgan fingerprint density at radius 2 is 1.87 bits per heavy atom. The first-order valence-corrected chi connectivity index (χ1v) is 8.25. The van der Waals surface area contributed by atoms with Gasteiger partial charge in [-0.15, -0.1) is 0 Å². The summed E-state index contributed by atoms with van der Waals surface area (Å²) in [6.45, 7) is 3.16. The third-order valence-electron chi connectivity index (χ3n) is 4.61. The van der Waals surface area contributed by atoms with E-state index in [0.717, 1.165) is 37.3 Å². The van der Waals surface area contributed by atoms with E-state index in [4.69, 9.17) is 9.47 Å². The van der Waals surface area contributed by atoms with Crippen molar-refractivity contribution in [1.29, 1.82) is 0 Å². The van der Waals surface area contributed by atoms with Crippen molar-refractivity contribution >= 4 is 0 Å². The summed E-state index contributed by atoms with van der Waals surface area (Å²) in [6.07, 6.45) is 3.20. The minimum Gasteiger partial charge on any atom is -0.493 e. The van der Waals surface area contributed by atoms with Crippen LogP contribution in [0.4, 0.5) is 0 Å². The van der Waals surface area contributed by atoms with Crippen molar-refractivity contribution in [3.8, 4) is 11.5 Å². The normalized spacial score (nSPS) is 16.7. The average Bonchev–Trinajstić information content (AvgIpc) is 2.58. The maximum Gasteiger partial charge on any atom is 0.161 e. The van der Waals surface area contributed by atoms with Gasteiger partial charge in [0.05, 0.1) is 14.2 Å². The summed E-state index contributed by atoms with van der Waals surface area (Å²) in [7, 11) is 3.39. The van der Waals surface area contributed by atoms with Crippen molar-refractivity contribution < 1.29 is 9.47 Å². The van der Waals surface area contributed by atoms with E-state index in [2.05, 4.69) is 48.6 Å². The summed E-state index contributed by atoms with van der Waals surface area (Å²) in [5, 5.41) is 3.65.